The monoisotopic (exact) mass is 327 g/mol. The van der Waals surface area contributed by atoms with E-state index in [0.29, 0.717) is 0 Å². The Morgan fingerprint density at radius 3 is 1.39 bits per heavy atom. The van der Waals surface area contributed by atoms with Gasteiger partial charge in [0.1, 0.15) is 0 Å². The molecule has 0 saturated heterocycles. The predicted octanol–water partition coefficient (Wildman–Crippen LogP) is -4.40. The molecule has 0 aromatic carbocycles. The fourth-order valence-corrected chi connectivity index (χ4v) is 3.06. The normalized spacial score (nSPS) is 11.2. The molecule has 0 fully saturated rings. The van der Waals surface area contributed by atoms with E-state index in [1.54, 1.807) is 0 Å². The topological polar surface area (TPSA) is 256 Å². The Hall–Kier alpha value is 1.10. The van der Waals surface area contributed by atoms with Crippen molar-refractivity contribution in [1.29, 1.82) is 0 Å². The summed E-state index contributed by atoms with van der Waals surface area (Å²) in [5.74, 6) is 0. The van der Waals surface area contributed by atoms with Crippen LogP contribution >= 0.6 is 15.2 Å². The first-order valence-corrected chi connectivity index (χ1v) is 6.82. The molecule has 0 aliphatic carbocycles. The fraction of sp³-hybridized carbons (Fsp3) is 1.00. The van der Waals surface area contributed by atoms with Crippen LogP contribution in [0.4, 0.5) is 0 Å². The Kier molecular flexibility index (Phi) is 18.9. The summed E-state index contributed by atoms with van der Waals surface area (Å²) in [4.78, 5) is 34.5. The third-order valence-corrected chi connectivity index (χ3v) is 5.53. The molecule has 11 nitrogen and oxygen atoms in total. The molecule has 0 radical (unpaired) electrons. The average Bonchev–Trinajstić information content (AvgIpc) is 1.95. The molecule has 14 heteroatoms. The van der Waals surface area contributed by atoms with Crippen molar-refractivity contribution in [3.05, 3.63) is 0 Å². The van der Waals surface area contributed by atoms with Crippen LogP contribution in [-0.4, -0.2) is 82.3 Å². The molecule has 0 bridgehead atoms. The van der Waals surface area contributed by atoms with E-state index in [2.05, 4.69) is 0 Å². The molecule has 18 heavy (non-hydrogen) atoms. The minimum absolute atomic E-state index is 0. The van der Waals surface area contributed by atoms with E-state index in [0.717, 1.165) is 0 Å². The van der Waals surface area contributed by atoms with Crippen molar-refractivity contribution in [2.45, 2.75) is 17.9 Å². The van der Waals surface area contributed by atoms with Crippen LogP contribution < -0.4 is 5.73 Å². The van der Waals surface area contributed by atoms with Gasteiger partial charge in [-0.1, -0.05) is 0 Å². The quantitative estimate of drug-likeness (QED) is 0.211. The molecule has 0 aromatic rings. The second-order valence-electron chi connectivity index (χ2n) is 2.75. The molecule has 0 aliphatic heterocycles. The van der Waals surface area contributed by atoms with E-state index in [1.165, 1.54) is 0 Å². The Balaban J connectivity index is -0.000000141. The van der Waals surface area contributed by atoms with Crippen LogP contribution in [0.2, 0.25) is 0 Å². The van der Waals surface area contributed by atoms with Crippen LogP contribution in [0.25, 0.3) is 0 Å². The van der Waals surface area contributed by atoms with Crippen molar-refractivity contribution in [1.82, 2.24) is 0 Å². The van der Waals surface area contributed by atoms with Crippen molar-refractivity contribution < 1.29 is 50.2 Å². The molecule has 0 rings (SSSR count). The molecular formula is C4H20NNaO10P2. The minimum atomic E-state index is -5.30. The average molecular weight is 327 g/mol. The first kappa shape index (κ1) is 31.5. The molecule has 0 aliphatic rings. The van der Waals surface area contributed by atoms with Gasteiger partial charge in [-0.3, -0.25) is 9.13 Å². The number of rotatable bonds is 5. The number of hydrogen-bond acceptors (Lipinski definition) is 4. The van der Waals surface area contributed by atoms with E-state index >= 15 is 0 Å². The summed E-state index contributed by atoms with van der Waals surface area (Å²) in [6.45, 7) is -0.0394. The first-order valence-electron chi connectivity index (χ1n) is 3.60. The van der Waals surface area contributed by atoms with Crippen LogP contribution in [-0.2, 0) is 9.13 Å². The van der Waals surface area contributed by atoms with Gasteiger partial charge in [0.05, 0.1) is 0 Å². The molecule has 13 N–H and O–H groups in total. The zero-order valence-corrected chi connectivity index (χ0v) is 10.4. The summed E-state index contributed by atoms with van der Waals surface area (Å²) in [7, 11) is -10.6. The van der Waals surface area contributed by atoms with Crippen molar-refractivity contribution in [3.8, 4) is 0 Å². The zero-order valence-electron chi connectivity index (χ0n) is 8.65. The van der Waals surface area contributed by atoms with Crippen molar-refractivity contribution in [3.63, 3.8) is 0 Å². The van der Waals surface area contributed by atoms with E-state index < -0.39 is 26.7 Å². The van der Waals surface area contributed by atoms with Gasteiger partial charge in [-0.25, -0.2) is 0 Å². The van der Waals surface area contributed by atoms with Crippen LogP contribution in [0, 0.1) is 0 Å². The third-order valence-electron chi connectivity index (χ3n) is 1.65. The third kappa shape index (κ3) is 7.63. The van der Waals surface area contributed by atoms with Gasteiger partial charge in [0.15, 0.2) is 0 Å². The predicted molar refractivity (Wildman–Crippen MR) is 65.3 cm³/mol. The van der Waals surface area contributed by atoms with Gasteiger partial charge in [-0.2, -0.15) is 0 Å². The zero-order chi connectivity index (χ0) is 11.6. The second kappa shape index (κ2) is 10.8. The number of hydrogen-bond donors (Lipinski definition) is 6. The first-order chi connectivity index (χ1) is 6.06. The Bertz CT molecular complexity index is 266. The Morgan fingerprint density at radius 1 is 0.944 bits per heavy atom. The van der Waals surface area contributed by atoms with Crippen molar-refractivity contribution in [2.24, 2.45) is 5.73 Å². The van der Waals surface area contributed by atoms with Crippen LogP contribution in [0.15, 0.2) is 0 Å². The summed E-state index contributed by atoms with van der Waals surface area (Å²) >= 11 is 0. The van der Waals surface area contributed by atoms with Crippen LogP contribution in [0.5, 0.6) is 0 Å². The van der Waals surface area contributed by atoms with E-state index in [1.807, 2.05) is 0 Å². The molecule has 0 amide bonds. The van der Waals surface area contributed by atoms with Gasteiger partial charge in [-0.15, -0.1) is 0 Å². The maximum atomic E-state index is 10.7. The summed E-state index contributed by atoms with van der Waals surface area (Å²) in [5, 5.41) is 5.91. The summed E-state index contributed by atoms with van der Waals surface area (Å²) in [6.07, 6.45) is -0.856. The molecule has 112 valence electrons. The summed E-state index contributed by atoms with van der Waals surface area (Å²) < 4.78 is 21.4. The molecule has 0 unspecified atom stereocenters. The van der Waals surface area contributed by atoms with E-state index in [-0.39, 0.29) is 59.0 Å². The van der Waals surface area contributed by atoms with Gasteiger partial charge in [0, 0.05) is 6.42 Å². The molecular weight excluding hydrogens is 307 g/mol. The SMILES string of the molecule is NCCCC(O)(P(=O)(O)O)P(=O)(O)O.O.O.O.[NaH]. The number of aliphatic hydroxyl groups is 1. The molecule has 0 saturated carbocycles. The standard InChI is InChI=1S/C4H13NO7P2.Na.3H2O.H/c5-3-1-2-4(6,13(7,8)9)14(10,11)12;;;;;/h6H,1-3,5H2,(H2,7,8,9)(H2,10,11,12);;3*1H2;. The van der Waals surface area contributed by atoms with E-state index in [9.17, 15) is 14.2 Å². The molecule has 0 atom stereocenters. The summed E-state index contributed by atoms with van der Waals surface area (Å²) in [6, 6.07) is 0. The van der Waals surface area contributed by atoms with Gasteiger partial charge in [0.25, 0.3) is 5.08 Å². The van der Waals surface area contributed by atoms with Gasteiger partial charge < -0.3 is 46.8 Å². The summed E-state index contributed by atoms with van der Waals surface area (Å²) in [5.41, 5.74) is 5.01. The molecule has 0 heterocycles. The number of nitrogens with two attached hydrogens (primary N) is 1. The van der Waals surface area contributed by atoms with Crippen molar-refractivity contribution >= 4 is 44.7 Å². The Morgan fingerprint density at radius 2 is 1.22 bits per heavy atom. The van der Waals surface area contributed by atoms with Crippen molar-refractivity contribution in [2.75, 3.05) is 6.54 Å². The molecule has 0 aromatic heterocycles. The van der Waals surface area contributed by atoms with Gasteiger partial charge in [0.2, 0.25) is 0 Å². The van der Waals surface area contributed by atoms with Crippen LogP contribution in [0.3, 0.4) is 0 Å². The maximum absolute atomic E-state index is 10.7. The second-order valence-corrected chi connectivity index (χ2v) is 6.76. The van der Waals surface area contributed by atoms with E-state index in [4.69, 9.17) is 25.3 Å². The van der Waals surface area contributed by atoms with Gasteiger partial charge in [-0.05, 0) is 13.0 Å². The van der Waals surface area contributed by atoms with Gasteiger partial charge >= 0.3 is 44.7 Å². The molecule has 0 spiro atoms. The Labute approximate surface area is 125 Å². The van der Waals surface area contributed by atoms with Crippen LogP contribution in [0.1, 0.15) is 12.8 Å². The fourth-order valence-electron chi connectivity index (χ4n) is 0.800.